The normalized spacial score (nSPS) is 13.8. The van der Waals surface area contributed by atoms with Crippen LogP contribution < -0.4 is 0 Å². The van der Waals surface area contributed by atoms with Gasteiger partial charge in [-0.1, -0.05) is 123 Å². The first-order valence-electron chi connectivity index (χ1n) is 12.5. The van der Waals surface area contributed by atoms with E-state index in [1.165, 1.54) is 12.3 Å². The summed E-state index contributed by atoms with van der Waals surface area (Å²) in [6.45, 7) is 30.7. The second-order valence-corrected chi connectivity index (χ2v) is 22.9. The molecule has 0 amide bonds. The van der Waals surface area contributed by atoms with E-state index in [-0.39, 0.29) is 15.8 Å². The second-order valence-electron chi connectivity index (χ2n) is 13.4. The van der Waals surface area contributed by atoms with Crippen LogP contribution in [0.15, 0.2) is 24.3 Å². The fraction of sp³-hybridized carbons (Fsp3) is 0.857. The molecule has 0 saturated heterocycles. The van der Waals surface area contributed by atoms with Gasteiger partial charge in [-0.05, 0) is 61.1 Å². The van der Waals surface area contributed by atoms with Gasteiger partial charge in [0, 0.05) is 13.1 Å². The van der Waals surface area contributed by atoms with E-state index in [1.54, 1.807) is 0 Å². The van der Waals surface area contributed by atoms with E-state index in [0.717, 1.165) is 13.1 Å². The first-order chi connectivity index (χ1) is 15.5. The third-order valence-electron chi connectivity index (χ3n) is 5.09. The van der Waals surface area contributed by atoms with Gasteiger partial charge in [-0.15, -0.1) is 0 Å². The van der Waals surface area contributed by atoms with E-state index < -0.39 is 0 Å². The van der Waals surface area contributed by atoms with Crippen molar-refractivity contribution >= 4 is 36.2 Å². The monoisotopic (exact) mass is 614 g/mol. The van der Waals surface area contributed by atoms with Crippen LogP contribution >= 0.6 is 36.2 Å². The molecular weight excluding hydrogens is 556 g/mol. The van der Waals surface area contributed by atoms with Gasteiger partial charge in [-0.2, -0.15) is 0 Å². The van der Waals surface area contributed by atoms with E-state index in [0.29, 0.717) is 33.3 Å². The van der Waals surface area contributed by atoms with Crippen molar-refractivity contribution in [2.75, 3.05) is 53.6 Å². The van der Waals surface area contributed by atoms with Crippen LogP contribution in [0.4, 0.5) is 0 Å². The van der Waals surface area contributed by atoms with Gasteiger partial charge in [-0.25, -0.2) is 0 Å². The molecule has 0 saturated carbocycles. The topological polar surface area (TPSA) is 6.48 Å². The van der Waals surface area contributed by atoms with E-state index >= 15 is 0 Å². The molecule has 0 aromatic heterocycles. The van der Waals surface area contributed by atoms with Crippen molar-refractivity contribution in [2.45, 2.75) is 104 Å². The van der Waals surface area contributed by atoms with Crippen molar-refractivity contribution in [3.63, 3.8) is 0 Å². The van der Waals surface area contributed by atoms with Crippen molar-refractivity contribution in [1.29, 1.82) is 0 Å². The van der Waals surface area contributed by atoms with Crippen LogP contribution in [-0.2, 0) is 12.7 Å². The summed E-state index contributed by atoms with van der Waals surface area (Å²) in [4.78, 5) is 4.40. The van der Waals surface area contributed by atoms with Crippen molar-refractivity contribution in [1.82, 2.24) is 9.80 Å². The van der Waals surface area contributed by atoms with Gasteiger partial charge in [0.15, 0.2) is 0 Å². The van der Waals surface area contributed by atoms with E-state index in [1.807, 2.05) is 0 Å². The molecule has 0 N–H and O–H groups in total. The summed E-state index contributed by atoms with van der Waals surface area (Å²) in [5.41, 5.74) is 0. The molecular formula is C28H60Cl2N2NiP2. The first kappa shape index (κ1) is 40.8. The standard InChI is InChI=1S/2C14H30NP.2ClH.Ni/c2*1-13(2,3)16(14(4,5)6)12-10-9-11-15(7)8;;;/h2*9-10H,11-12H2,1-8H3;2*1H;/q;;;;+2/p-2. The molecule has 0 rings (SSSR count). The van der Waals surface area contributed by atoms with Gasteiger partial charge in [0.2, 0.25) is 0 Å². The number of allylic oxidation sites excluding steroid dienone is 2. The predicted molar refractivity (Wildman–Crippen MR) is 170 cm³/mol. The molecule has 216 valence electrons. The Balaban J connectivity index is -0.000000525. The maximum atomic E-state index is 4.70. The fourth-order valence-electron chi connectivity index (χ4n) is 4.04. The molecule has 0 bridgehead atoms. The van der Waals surface area contributed by atoms with Crippen LogP contribution in [0.5, 0.6) is 0 Å². The van der Waals surface area contributed by atoms with E-state index in [2.05, 4.69) is 145 Å². The summed E-state index contributed by atoms with van der Waals surface area (Å²) in [7, 11) is 17.9. The zero-order valence-electron chi connectivity index (χ0n) is 26.0. The van der Waals surface area contributed by atoms with Crippen LogP contribution in [0.25, 0.3) is 0 Å². The summed E-state index contributed by atoms with van der Waals surface area (Å²) < 4.78 is 0. The predicted octanol–water partition coefficient (Wildman–Crippen LogP) is 9.74. The van der Waals surface area contributed by atoms with Crippen molar-refractivity contribution < 1.29 is 12.7 Å². The fourth-order valence-corrected chi connectivity index (χ4v) is 11.0. The van der Waals surface area contributed by atoms with Gasteiger partial charge >= 0.3 is 33.0 Å². The third kappa shape index (κ3) is 25.4. The Kier molecular flexibility index (Phi) is 22.6. The van der Waals surface area contributed by atoms with Gasteiger partial charge in [0.05, 0.1) is 0 Å². The molecule has 0 heterocycles. The Morgan fingerprint density at radius 1 is 0.514 bits per heavy atom. The summed E-state index contributed by atoms with van der Waals surface area (Å²) in [6.07, 6.45) is 11.8. The zero-order valence-corrected chi connectivity index (χ0v) is 30.3. The molecule has 0 aromatic carbocycles. The van der Waals surface area contributed by atoms with E-state index in [4.69, 9.17) is 20.4 Å². The molecule has 0 spiro atoms. The Bertz CT molecular complexity index is 489. The van der Waals surface area contributed by atoms with Gasteiger partial charge in [0.1, 0.15) is 0 Å². The number of halogens is 2. The van der Waals surface area contributed by atoms with Crippen molar-refractivity contribution in [3.8, 4) is 0 Å². The quantitative estimate of drug-likeness (QED) is 0.152. The van der Waals surface area contributed by atoms with Crippen molar-refractivity contribution in [2.24, 2.45) is 0 Å². The molecule has 35 heavy (non-hydrogen) atoms. The summed E-state index contributed by atoms with van der Waals surface area (Å²) in [5, 5.41) is 1.76. The van der Waals surface area contributed by atoms with Crippen LogP contribution in [0.3, 0.4) is 0 Å². The number of likely N-dealkylation sites (N-methyl/N-ethyl adjacent to an activating group) is 2. The summed E-state index contributed by atoms with van der Waals surface area (Å²) in [5.74, 6) is 0. The second kappa shape index (κ2) is 19.4. The Morgan fingerprint density at radius 2 is 0.714 bits per heavy atom. The van der Waals surface area contributed by atoms with Gasteiger partial charge < -0.3 is 9.80 Å². The molecule has 0 radical (unpaired) electrons. The molecule has 0 aromatic rings. The SMILES string of the molecule is CN(C)CC=CCP(C(C)(C)C)C(C)(C)C.CN(C)CC=CCP(C(C)(C)C)C(C)(C)C.[Cl][Ni][Cl]. The van der Waals surface area contributed by atoms with Crippen LogP contribution in [0.2, 0.25) is 0 Å². The zero-order chi connectivity index (χ0) is 28.7. The van der Waals surface area contributed by atoms with Crippen LogP contribution in [0.1, 0.15) is 83.1 Å². The number of hydrogen-bond acceptors (Lipinski definition) is 2. The Morgan fingerprint density at radius 3 is 0.857 bits per heavy atom. The number of nitrogens with zero attached hydrogens (tertiary/aromatic N) is 2. The molecule has 0 atom stereocenters. The average molecular weight is 616 g/mol. The van der Waals surface area contributed by atoms with Crippen molar-refractivity contribution in [3.05, 3.63) is 24.3 Å². The minimum absolute atomic E-state index is 0.0210. The first-order valence-corrected chi connectivity index (χ1v) is 18.3. The molecule has 0 unspecified atom stereocenters. The average Bonchev–Trinajstić information content (AvgIpc) is 2.57. The molecule has 0 aliphatic rings. The minimum atomic E-state index is 0.0210. The van der Waals surface area contributed by atoms with E-state index in [9.17, 15) is 0 Å². The van der Waals surface area contributed by atoms with Gasteiger partial charge in [-0.3, -0.25) is 0 Å². The van der Waals surface area contributed by atoms with Crippen LogP contribution in [0, 0.1) is 0 Å². The molecule has 0 fully saturated rings. The molecule has 7 heteroatoms. The number of hydrogen-bond donors (Lipinski definition) is 0. The summed E-state index contributed by atoms with van der Waals surface area (Å²) in [6, 6.07) is 0. The maximum absolute atomic E-state index is 4.70. The molecule has 0 aliphatic heterocycles. The number of rotatable bonds is 8. The molecule has 0 aliphatic carbocycles. The van der Waals surface area contributed by atoms with Crippen LogP contribution in [-0.4, -0.2) is 84.0 Å². The Labute approximate surface area is 239 Å². The Hall–Kier alpha value is 1.33. The molecule has 2 nitrogen and oxygen atoms in total. The summed E-state index contributed by atoms with van der Waals surface area (Å²) >= 11 is 0.569. The third-order valence-corrected chi connectivity index (χ3v) is 12.7. The van der Waals surface area contributed by atoms with Gasteiger partial charge in [0.25, 0.3) is 0 Å².